The van der Waals surface area contributed by atoms with Crippen LogP contribution in [0.1, 0.15) is 54.8 Å². The molecule has 30 heavy (non-hydrogen) atoms. The SMILES string of the molecule is CC[C@H](C)N(CC(=O)N(Cc1ccco1)C[C@H]1CCCO1)C(=O)c1ccc(C)cc1. The fourth-order valence-electron chi connectivity index (χ4n) is 3.64. The molecule has 3 rings (SSSR count). The quantitative estimate of drug-likeness (QED) is 0.624. The van der Waals surface area contributed by atoms with Crippen LogP contribution in [0.3, 0.4) is 0 Å². The summed E-state index contributed by atoms with van der Waals surface area (Å²) in [6, 6.07) is 11.1. The van der Waals surface area contributed by atoms with Gasteiger partial charge in [0.25, 0.3) is 5.91 Å². The Labute approximate surface area is 178 Å². The largest absolute Gasteiger partial charge is 0.467 e. The van der Waals surface area contributed by atoms with Gasteiger partial charge in [-0.2, -0.15) is 0 Å². The summed E-state index contributed by atoms with van der Waals surface area (Å²) >= 11 is 0. The van der Waals surface area contributed by atoms with E-state index in [2.05, 4.69) is 0 Å². The number of ether oxygens (including phenoxy) is 1. The summed E-state index contributed by atoms with van der Waals surface area (Å²) in [6.45, 7) is 7.65. The maximum Gasteiger partial charge on any atom is 0.254 e. The molecule has 2 aromatic rings. The number of hydrogen-bond donors (Lipinski definition) is 0. The molecule has 1 aromatic heterocycles. The van der Waals surface area contributed by atoms with Crippen LogP contribution in [0.5, 0.6) is 0 Å². The van der Waals surface area contributed by atoms with E-state index in [-0.39, 0.29) is 30.5 Å². The first-order valence-corrected chi connectivity index (χ1v) is 10.8. The summed E-state index contributed by atoms with van der Waals surface area (Å²) in [6.07, 6.45) is 4.37. The lowest BCUT2D eigenvalue weighted by molar-refractivity contribution is -0.134. The molecule has 6 heteroatoms. The first-order chi connectivity index (χ1) is 14.5. The standard InChI is InChI=1S/C24H32N2O4/c1-4-19(3)26(24(28)20-11-9-18(2)10-12-20)17-23(27)25(15-21-7-5-13-29-21)16-22-8-6-14-30-22/h5,7,9-13,19,22H,4,6,8,14-17H2,1-3H3/t19-,22+/m0/s1. The van der Waals surface area contributed by atoms with Crippen molar-refractivity contribution in [1.82, 2.24) is 9.80 Å². The minimum atomic E-state index is -0.118. The number of aryl methyl sites for hydroxylation is 1. The molecule has 0 saturated carbocycles. The van der Waals surface area contributed by atoms with Crippen LogP contribution in [0.25, 0.3) is 0 Å². The van der Waals surface area contributed by atoms with Crippen LogP contribution in [0.15, 0.2) is 47.1 Å². The zero-order valence-corrected chi connectivity index (χ0v) is 18.2. The van der Waals surface area contributed by atoms with E-state index in [9.17, 15) is 9.59 Å². The molecule has 0 unspecified atom stereocenters. The second kappa shape index (κ2) is 10.4. The maximum absolute atomic E-state index is 13.3. The number of carbonyl (C=O) groups is 2. The van der Waals surface area contributed by atoms with Crippen molar-refractivity contribution in [2.45, 2.75) is 58.7 Å². The summed E-state index contributed by atoms with van der Waals surface area (Å²) in [7, 11) is 0. The maximum atomic E-state index is 13.3. The minimum Gasteiger partial charge on any atom is -0.467 e. The smallest absolute Gasteiger partial charge is 0.254 e. The summed E-state index contributed by atoms with van der Waals surface area (Å²) in [5.74, 6) is 0.511. The van der Waals surface area contributed by atoms with Crippen LogP contribution < -0.4 is 0 Å². The Kier molecular flexibility index (Phi) is 7.69. The van der Waals surface area contributed by atoms with Gasteiger partial charge in [0.2, 0.25) is 5.91 Å². The number of carbonyl (C=O) groups excluding carboxylic acids is 2. The van der Waals surface area contributed by atoms with Crippen molar-refractivity contribution in [2.24, 2.45) is 0 Å². The van der Waals surface area contributed by atoms with Crippen molar-refractivity contribution >= 4 is 11.8 Å². The average Bonchev–Trinajstić information content (AvgIpc) is 3.45. The summed E-state index contributed by atoms with van der Waals surface area (Å²) in [5, 5.41) is 0. The lowest BCUT2D eigenvalue weighted by atomic mass is 10.1. The third-order valence-electron chi connectivity index (χ3n) is 5.72. The van der Waals surface area contributed by atoms with Crippen LogP contribution in [-0.2, 0) is 16.1 Å². The molecule has 0 spiro atoms. The highest BCUT2D eigenvalue weighted by molar-refractivity contribution is 5.96. The Balaban J connectivity index is 1.76. The Morgan fingerprint density at radius 1 is 1.20 bits per heavy atom. The third kappa shape index (κ3) is 5.72. The van der Waals surface area contributed by atoms with Crippen molar-refractivity contribution in [1.29, 1.82) is 0 Å². The summed E-state index contributed by atoms with van der Waals surface area (Å²) in [5.41, 5.74) is 1.70. The fraction of sp³-hybridized carbons (Fsp3) is 0.500. The molecule has 2 amide bonds. The van der Waals surface area contributed by atoms with E-state index in [0.29, 0.717) is 18.7 Å². The lowest BCUT2D eigenvalue weighted by Gasteiger charge is -2.32. The van der Waals surface area contributed by atoms with Crippen LogP contribution in [-0.4, -0.2) is 53.5 Å². The molecular formula is C24H32N2O4. The van der Waals surface area contributed by atoms with Gasteiger partial charge in [0.15, 0.2) is 0 Å². The molecule has 1 aliphatic rings. The van der Waals surface area contributed by atoms with Crippen molar-refractivity contribution in [3.05, 3.63) is 59.5 Å². The van der Waals surface area contributed by atoms with Gasteiger partial charge >= 0.3 is 0 Å². The van der Waals surface area contributed by atoms with E-state index in [1.807, 2.05) is 57.2 Å². The zero-order valence-electron chi connectivity index (χ0n) is 18.2. The number of furan rings is 1. The normalized spacial score (nSPS) is 17.0. The van der Waals surface area contributed by atoms with E-state index >= 15 is 0 Å². The molecule has 2 atom stereocenters. The second-order valence-electron chi connectivity index (χ2n) is 8.05. The number of benzene rings is 1. The second-order valence-corrected chi connectivity index (χ2v) is 8.05. The van der Waals surface area contributed by atoms with Gasteiger partial charge in [-0.05, 0) is 57.4 Å². The number of rotatable bonds is 9. The molecule has 162 valence electrons. The molecule has 2 heterocycles. The lowest BCUT2D eigenvalue weighted by Crippen LogP contribution is -2.47. The van der Waals surface area contributed by atoms with Crippen LogP contribution in [0, 0.1) is 6.92 Å². The van der Waals surface area contributed by atoms with Crippen molar-refractivity contribution in [3.63, 3.8) is 0 Å². The molecule has 0 aliphatic carbocycles. The van der Waals surface area contributed by atoms with Gasteiger partial charge in [0, 0.05) is 24.8 Å². The number of amides is 2. The van der Waals surface area contributed by atoms with Gasteiger partial charge in [-0.25, -0.2) is 0 Å². The highest BCUT2D eigenvalue weighted by Crippen LogP contribution is 2.17. The van der Waals surface area contributed by atoms with Gasteiger partial charge < -0.3 is 19.0 Å². The van der Waals surface area contributed by atoms with E-state index < -0.39 is 0 Å². The van der Waals surface area contributed by atoms with E-state index in [0.717, 1.165) is 37.2 Å². The Morgan fingerprint density at radius 2 is 1.97 bits per heavy atom. The van der Waals surface area contributed by atoms with Crippen molar-refractivity contribution in [3.8, 4) is 0 Å². The molecular weight excluding hydrogens is 380 g/mol. The zero-order chi connectivity index (χ0) is 21.5. The highest BCUT2D eigenvalue weighted by Gasteiger charge is 2.28. The van der Waals surface area contributed by atoms with Crippen LogP contribution in [0.2, 0.25) is 0 Å². The van der Waals surface area contributed by atoms with Gasteiger partial charge in [0.1, 0.15) is 12.3 Å². The van der Waals surface area contributed by atoms with Gasteiger partial charge in [-0.3, -0.25) is 9.59 Å². The molecule has 0 bridgehead atoms. The first-order valence-electron chi connectivity index (χ1n) is 10.8. The summed E-state index contributed by atoms with van der Waals surface area (Å²) in [4.78, 5) is 29.9. The molecule has 6 nitrogen and oxygen atoms in total. The van der Waals surface area contributed by atoms with Crippen molar-refractivity contribution in [2.75, 3.05) is 19.7 Å². The van der Waals surface area contributed by atoms with Gasteiger partial charge in [-0.1, -0.05) is 24.6 Å². The Hall–Kier alpha value is -2.60. The van der Waals surface area contributed by atoms with Gasteiger partial charge in [-0.15, -0.1) is 0 Å². The first kappa shape index (κ1) is 22.1. The highest BCUT2D eigenvalue weighted by atomic mass is 16.5. The van der Waals surface area contributed by atoms with E-state index in [1.165, 1.54) is 0 Å². The molecule has 1 saturated heterocycles. The molecule has 0 N–H and O–H groups in total. The summed E-state index contributed by atoms with van der Waals surface area (Å²) < 4.78 is 11.2. The Bertz CT molecular complexity index is 810. The molecule has 1 aromatic carbocycles. The van der Waals surface area contributed by atoms with Gasteiger partial charge in [0.05, 0.1) is 18.9 Å². The monoisotopic (exact) mass is 412 g/mol. The molecule has 0 radical (unpaired) electrons. The van der Waals surface area contributed by atoms with E-state index in [1.54, 1.807) is 16.1 Å². The molecule has 1 aliphatic heterocycles. The Morgan fingerprint density at radius 3 is 2.57 bits per heavy atom. The predicted octanol–water partition coefficient (Wildman–Crippen LogP) is 4.04. The van der Waals surface area contributed by atoms with E-state index in [4.69, 9.17) is 9.15 Å². The number of nitrogens with zero attached hydrogens (tertiary/aromatic N) is 2. The fourth-order valence-corrected chi connectivity index (χ4v) is 3.64. The topological polar surface area (TPSA) is 63.0 Å². The van der Waals surface area contributed by atoms with Crippen LogP contribution in [0.4, 0.5) is 0 Å². The number of hydrogen-bond acceptors (Lipinski definition) is 4. The molecule has 1 fully saturated rings. The minimum absolute atomic E-state index is 0.0359. The predicted molar refractivity (Wildman–Crippen MR) is 115 cm³/mol. The van der Waals surface area contributed by atoms with Crippen LogP contribution >= 0.6 is 0 Å². The average molecular weight is 413 g/mol. The van der Waals surface area contributed by atoms with Crippen molar-refractivity contribution < 1.29 is 18.7 Å². The third-order valence-corrected chi connectivity index (χ3v) is 5.72.